The van der Waals surface area contributed by atoms with E-state index in [1.54, 1.807) is 0 Å². The van der Waals surface area contributed by atoms with Crippen LogP contribution < -0.4 is 5.06 Å². The van der Waals surface area contributed by atoms with Crippen molar-refractivity contribution in [3.8, 4) is 0 Å². The first-order chi connectivity index (χ1) is 9.40. The summed E-state index contributed by atoms with van der Waals surface area (Å²) in [5.74, 6) is -2.51. The molecule has 20 heavy (non-hydrogen) atoms. The minimum absolute atomic E-state index is 0.201. The Balaban J connectivity index is 2.08. The van der Waals surface area contributed by atoms with Crippen molar-refractivity contribution in [2.45, 2.75) is 10.8 Å². The molecule has 2 rings (SSSR count). The Labute approximate surface area is 116 Å². The third-order valence-electron chi connectivity index (χ3n) is 2.24. The summed E-state index contributed by atoms with van der Waals surface area (Å²) in [6.07, 6.45) is -0.947. The van der Waals surface area contributed by atoms with Crippen molar-refractivity contribution in [2.24, 2.45) is 4.99 Å². The smallest absolute Gasteiger partial charge is 0.301 e. The second kappa shape index (κ2) is 5.79. The Bertz CT molecular complexity index is 644. The molecule has 110 valence electrons. The van der Waals surface area contributed by atoms with Crippen LogP contribution in [0.5, 0.6) is 0 Å². The fourth-order valence-electron chi connectivity index (χ4n) is 1.27. The molecule has 0 saturated heterocycles. The van der Waals surface area contributed by atoms with Crippen LogP contribution >= 0.6 is 11.3 Å². The molecule has 1 aromatic heterocycles. The zero-order valence-electron chi connectivity index (χ0n) is 9.79. The summed E-state index contributed by atoms with van der Waals surface area (Å²) in [5, 5.41) is 1.70. The molecule has 6 nitrogen and oxygen atoms in total. The average molecular weight is 327 g/mol. The molecule has 0 N–H and O–H groups in total. The van der Waals surface area contributed by atoms with Gasteiger partial charge in [0.1, 0.15) is 0 Å². The van der Waals surface area contributed by atoms with Gasteiger partial charge in [-0.3, -0.25) is 0 Å². The van der Waals surface area contributed by atoms with Crippen LogP contribution in [0.25, 0.3) is 0 Å². The van der Waals surface area contributed by atoms with Gasteiger partial charge in [0.05, 0.1) is 11.9 Å². The maximum Gasteiger partial charge on any atom is 0.301 e. The van der Waals surface area contributed by atoms with Crippen molar-refractivity contribution in [3.63, 3.8) is 0 Å². The molecule has 11 heteroatoms. The Morgan fingerprint density at radius 1 is 1.45 bits per heavy atom. The quantitative estimate of drug-likeness (QED) is 0.828. The molecule has 1 aromatic rings. The molecular formula is C9H8F3N3O3S2. The van der Waals surface area contributed by atoms with Crippen LogP contribution in [0, 0.1) is 0 Å². The van der Waals surface area contributed by atoms with Gasteiger partial charge in [-0.25, -0.2) is 22.8 Å². The number of thiazole rings is 1. The van der Waals surface area contributed by atoms with E-state index in [9.17, 15) is 21.6 Å². The number of aliphatic imine (C=N–C) groups is 1. The summed E-state index contributed by atoms with van der Waals surface area (Å²) in [6.45, 7) is 0.201. The molecule has 0 amide bonds. The van der Waals surface area contributed by atoms with Gasteiger partial charge in [-0.15, -0.1) is 0 Å². The number of allylic oxidation sites excluding steroid dienone is 1. The van der Waals surface area contributed by atoms with Crippen LogP contribution in [0.1, 0.15) is 6.42 Å². The Morgan fingerprint density at radius 3 is 2.80 bits per heavy atom. The van der Waals surface area contributed by atoms with Gasteiger partial charge in [-0.1, -0.05) is 11.3 Å². The van der Waals surface area contributed by atoms with E-state index in [0.29, 0.717) is 5.00 Å². The van der Waals surface area contributed by atoms with Gasteiger partial charge in [0, 0.05) is 6.42 Å². The summed E-state index contributed by atoms with van der Waals surface area (Å²) < 4.78 is 59.7. The molecule has 0 aromatic carbocycles. The number of hydrogen-bond acceptors (Lipinski definition) is 7. The van der Waals surface area contributed by atoms with Crippen LogP contribution in [0.15, 0.2) is 27.4 Å². The lowest BCUT2D eigenvalue weighted by Crippen LogP contribution is -2.15. The van der Waals surface area contributed by atoms with Crippen molar-refractivity contribution in [1.82, 2.24) is 4.98 Å². The van der Waals surface area contributed by atoms with E-state index in [1.165, 1.54) is 17.7 Å². The Hall–Kier alpha value is -1.62. The summed E-state index contributed by atoms with van der Waals surface area (Å²) in [6, 6.07) is 0. The molecule has 0 unspecified atom stereocenters. The minimum Gasteiger partial charge on any atom is -0.365 e. The minimum atomic E-state index is -3.92. The van der Waals surface area contributed by atoms with Gasteiger partial charge in [0.2, 0.25) is 20.6 Å². The topological polar surface area (TPSA) is 71.9 Å². The predicted molar refractivity (Wildman–Crippen MR) is 66.1 cm³/mol. The maximum absolute atomic E-state index is 12.6. The number of aromatic nitrogens is 1. The molecule has 0 bridgehead atoms. The molecule has 0 saturated carbocycles. The van der Waals surface area contributed by atoms with Gasteiger partial charge in [-0.05, 0) is 0 Å². The van der Waals surface area contributed by atoms with E-state index in [4.69, 9.17) is 4.84 Å². The van der Waals surface area contributed by atoms with Crippen LogP contribution in [0.4, 0.5) is 18.2 Å². The lowest BCUT2D eigenvalue weighted by molar-refractivity contribution is 0.314. The molecule has 0 fully saturated rings. The van der Waals surface area contributed by atoms with Crippen molar-refractivity contribution in [1.29, 1.82) is 0 Å². The van der Waals surface area contributed by atoms with Crippen LogP contribution in [-0.4, -0.2) is 32.2 Å². The second-order valence-electron chi connectivity index (χ2n) is 3.61. The highest BCUT2D eigenvalue weighted by Gasteiger charge is 2.23. The van der Waals surface area contributed by atoms with Gasteiger partial charge in [0.25, 0.3) is 0 Å². The number of sulfone groups is 1. The summed E-state index contributed by atoms with van der Waals surface area (Å²) in [4.78, 5) is 12.4. The third-order valence-corrected chi connectivity index (χ3v) is 5.43. The maximum atomic E-state index is 12.6. The largest absolute Gasteiger partial charge is 0.365 e. The van der Waals surface area contributed by atoms with Crippen molar-refractivity contribution >= 4 is 32.6 Å². The highest BCUT2D eigenvalue weighted by Crippen LogP contribution is 2.29. The molecule has 2 heterocycles. The van der Waals surface area contributed by atoms with E-state index >= 15 is 0 Å². The van der Waals surface area contributed by atoms with E-state index < -0.39 is 33.9 Å². The van der Waals surface area contributed by atoms with Gasteiger partial charge in [0.15, 0.2) is 17.5 Å². The van der Waals surface area contributed by atoms with Crippen LogP contribution in [-0.2, 0) is 14.7 Å². The average Bonchev–Trinajstić information content (AvgIpc) is 3.05. The zero-order valence-corrected chi connectivity index (χ0v) is 11.4. The number of halogens is 3. The number of nitrogens with zero attached hydrogens (tertiary/aromatic N) is 3. The van der Waals surface area contributed by atoms with E-state index in [1.807, 2.05) is 0 Å². The third kappa shape index (κ3) is 3.28. The Morgan fingerprint density at radius 2 is 2.20 bits per heavy atom. The first kappa shape index (κ1) is 14.8. The van der Waals surface area contributed by atoms with Crippen molar-refractivity contribution in [3.05, 3.63) is 18.1 Å². The molecule has 0 radical (unpaired) electrons. The number of hydroxylamine groups is 1. The normalized spacial score (nSPS) is 14.4. The molecule has 0 atom stereocenters. The Kier molecular flexibility index (Phi) is 4.28. The van der Waals surface area contributed by atoms with Crippen LogP contribution in [0.3, 0.4) is 0 Å². The van der Waals surface area contributed by atoms with Crippen molar-refractivity contribution < 1.29 is 26.4 Å². The molecule has 0 spiro atoms. The van der Waals surface area contributed by atoms with Gasteiger partial charge in [-0.2, -0.15) is 13.8 Å². The predicted octanol–water partition coefficient (Wildman–Crippen LogP) is 2.12. The van der Waals surface area contributed by atoms with Crippen LogP contribution in [0.2, 0.25) is 0 Å². The molecular weight excluding hydrogens is 319 g/mol. The standard InChI is InChI=1S/C9H8F3N3O3S2/c10-6(8(11)12)1-2-20(16,17)9-14-3-7(19-9)15-4-13-5-18-15/h3,5H,1-2,4H2. The summed E-state index contributed by atoms with van der Waals surface area (Å²) in [7, 11) is -3.92. The highest BCUT2D eigenvalue weighted by molar-refractivity contribution is 7.93. The number of rotatable bonds is 5. The summed E-state index contributed by atoms with van der Waals surface area (Å²) >= 11 is 0.793. The highest BCUT2D eigenvalue weighted by atomic mass is 32.2. The lowest BCUT2D eigenvalue weighted by Gasteiger charge is -2.10. The van der Waals surface area contributed by atoms with E-state index in [0.717, 1.165) is 11.3 Å². The SMILES string of the molecule is O=S(=O)(CCC(F)=C(F)F)c1ncc(N2CN=CO2)s1. The fraction of sp³-hybridized carbons (Fsp3) is 0.333. The zero-order chi connectivity index (χ0) is 14.8. The number of hydrogen-bond donors (Lipinski definition) is 0. The van der Waals surface area contributed by atoms with E-state index in [2.05, 4.69) is 9.98 Å². The second-order valence-corrected chi connectivity index (χ2v) is 6.90. The fourth-order valence-corrected chi connectivity index (χ4v) is 3.71. The summed E-state index contributed by atoms with van der Waals surface area (Å²) in [5.41, 5.74) is 0. The first-order valence-corrected chi connectivity index (χ1v) is 7.68. The molecule has 1 aliphatic heterocycles. The lowest BCUT2D eigenvalue weighted by atomic mass is 10.4. The molecule has 0 aliphatic carbocycles. The number of anilines is 1. The van der Waals surface area contributed by atoms with E-state index in [-0.39, 0.29) is 11.0 Å². The molecule has 1 aliphatic rings. The first-order valence-electron chi connectivity index (χ1n) is 5.21. The van der Waals surface area contributed by atoms with Gasteiger partial charge < -0.3 is 4.84 Å². The monoisotopic (exact) mass is 327 g/mol. The van der Waals surface area contributed by atoms with Gasteiger partial charge >= 0.3 is 6.08 Å². The van der Waals surface area contributed by atoms with Crippen molar-refractivity contribution in [2.75, 3.05) is 17.5 Å².